The number of nitrogens with zero attached hydrogens (tertiary/aromatic N) is 2. The molecular formula is C23H26N2O. The lowest BCUT2D eigenvalue weighted by Gasteiger charge is -2.30. The van der Waals surface area contributed by atoms with Crippen molar-refractivity contribution in [1.29, 1.82) is 0 Å². The molecule has 134 valence electrons. The summed E-state index contributed by atoms with van der Waals surface area (Å²) in [6.07, 6.45) is 5.67. The maximum absolute atomic E-state index is 13.5. The van der Waals surface area contributed by atoms with Crippen LogP contribution in [0.15, 0.2) is 47.4 Å². The Kier molecular flexibility index (Phi) is 4.31. The normalized spacial score (nSPS) is 14.8. The predicted octanol–water partition coefficient (Wildman–Crippen LogP) is 4.81. The van der Waals surface area contributed by atoms with Gasteiger partial charge in [0.15, 0.2) is 5.43 Å². The zero-order valence-corrected chi connectivity index (χ0v) is 15.9. The van der Waals surface area contributed by atoms with Gasteiger partial charge >= 0.3 is 0 Å². The molecule has 1 aromatic heterocycles. The molecule has 3 nitrogen and oxygen atoms in total. The average molecular weight is 346 g/mol. The number of benzene rings is 2. The van der Waals surface area contributed by atoms with Gasteiger partial charge in [-0.1, -0.05) is 29.8 Å². The van der Waals surface area contributed by atoms with Gasteiger partial charge in [0.1, 0.15) is 0 Å². The number of aryl methyl sites for hydroxylation is 3. The van der Waals surface area contributed by atoms with Crippen molar-refractivity contribution in [3.05, 3.63) is 63.9 Å². The summed E-state index contributed by atoms with van der Waals surface area (Å²) in [5.74, 6) is 0. The Morgan fingerprint density at radius 2 is 1.58 bits per heavy atom. The highest BCUT2D eigenvalue weighted by atomic mass is 16.1. The van der Waals surface area contributed by atoms with E-state index >= 15 is 0 Å². The number of piperidine rings is 1. The Bertz CT molecular complexity index is 1010. The van der Waals surface area contributed by atoms with Gasteiger partial charge in [0.2, 0.25) is 0 Å². The van der Waals surface area contributed by atoms with Gasteiger partial charge in [0, 0.05) is 31.9 Å². The third-order valence-electron chi connectivity index (χ3n) is 5.47. The molecule has 0 spiro atoms. The molecule has 0 N–H and O–H groups in total. The molecule has 1 aliphatic rings. The van der Waals surface area contributed by atoms with Gasteiger partial charge in [-0.25, -0.2) is 0 Å². The quantitative estimate of drug-likeness (QED) is 0.665. The van der Waals surface area contributed by atoms with E-state index in [1.54, 1.807) is 0 Å². The van der Waals surface area contributed by atoms with Gasteiger partial charge in [-0.3, -0.25) is 4.79 Å². The lowest BCUT2D eigenvalue weighted by molar-refractivity contribution is 0.579. The first-order chi connectivity index (χ1) is 12.5. The fraction of sp³-hybridized carbons (Fsp3) is 0.348. The molecule has 1 fully saturated rings. The van der Waals surface area contributed by atoms with E-state index in [2.05, 4.69) is 47.6 Å². The minimum absolute atomic E-state index is 0.141. The van der Waals surface area contributed by atoms with E-state index in [4.69, 9.17) is 0 Å². The third kappa shape index (κ3) is 2.92. The first kappa shape index (κ1) is 16.9. The second-order valence-electron chi connectivity index (χ2n) is 7.57. The minimum Gasteiger partial charge on any atom is -0.371 e. The van der Waals surface area contributed by atoms with E-state index in [9.17, 15) is 4.79 Å². The van der Waals surface area contributed by atoms with Gasteiger partial charge in [-0.05, 0) is 56.4 Å². The van der Waals surface area contributed by atoms with Crippen LogP contribution in [-0.4, -0.2) is 17.7 Å². The summed E-state index contributed by atoms with van der Waals surface area (Å²) < 4.78 is 2.10. The molecular weight excluding hydrogens is 320 g/mol. The molecule has 4 rings (SSSR count). The third-order valence-corrected chi connectivity index (χ3v) is 5.47. The van der Waals surface area contributed by atoms with Crippen LogP contribution in [0.2, 0.25) is 0 Å². The molecule has 0 atom stereocenters. The van der Waals surface area contributed by atoms with Crippen molar-refractivity contribution < 1.29 is 0 Å². The number of anilines is 1. The maximum atomic E-state index is 13.5. The Labute approximate surface area is 154 Å². The SMILES string of the molecule is Cc1ccc(-c2cn(C)c3cc(C)cc(N4CCCCC4)c3c2=O)cc1. The van der Waals surface area contributed by atoms with Crippen LogP contribution >= 0.6 is 0 Å². The van der Waals surface area contributed by atoms with Crippen LogP contribution in [0, 0.1) is 13.8 Å². The Morgan fingerprint density at radius 3 is 2.27 bits per heavy atom. The molecule has 3 aromatic rings. The van der Waals surface area contributed by atoms with Crippen LogP contribution in [0.5, 0.6) is 0 Å². The molecule has 3 heteroatoms. The van der Waals surface area contributed by atoms with E-state index in [0.717, 1.165) is 40.8 Å². The van der Waals surface area contributed by atoms with E-state index in [1.165, 1.54) is 30.4 Å². The first-order valence-corrected chi connectivity index (χ1v) is 9.50. The summed E-state index contributed by atoms with van der Waals surface area (Å²) in [6.45, 7) is 6.26. The van der Waals surface area contributed by atoms with E-state index in [0.29, 0.717) is 0 Å². The van der Waals surface area contributed by atoms with Crippen molar-refractivity contribution in [1.82, 2.24) is 4.57 Å². The lowest BCUT2D eigenvalue weighted by Crippen LogP contribution is -2.30. The minimum atomic E-state index is 0.141. The van der Waals surface area contributed by atoms with Crippen LogP contribution in [0.25, 0.3) is 22.0 Å². The molecule has 2 heterocycles. The summed E-state index contributed by atoms with van der Waals surface area (Å²) in [4.78, 5) is 15.9. The molecule has 1 saturated heterocycles. The summed E-state index contributed by atoms with van der Waals surface area (Å²) in [7, 11) is 2.04. The largest absolute Gasteiger partial charge is 0.371 e. The molecule has 0 amide bonds. The Hall–Kier alpha value is -2.55. The van der Waals surface area contributed by atoms with E-state index in [-0.39, 0.29) is 5.43 Å². The van der Waals surface area contributed by atoms with Gasteiger partial charge in [-0.2, -0.15) is 0 Å². The Balaban J connectivity index is 2.00. The summed E-state index contributed by atoms with van der Waals surface area (Å²) in [6, 6.07) is 12.6. The fourth-order valence-electron chi connectivity index (χ4n) is 4.04. The van der Waals surface area contributed by atoms with Crippen molar-refractivity contribution in [2.24, 2.45) is 7.05 Å². The molecule has 0 radical (unpaired) electrons. The zero-order chi connectivity index (χ0) is 18.3. The maximum Gasteiger partial charge on any atom is 0.199 e. The van der Waals surface area contributed by atoms with Crippen LogP contribution in [0.3, 0.4) is 0 Å². The molecule has 0 unspecified atom stereocenters. The van der Waals surface area contributed by atoms with E-state index < -0.39 is 0 Å². The van der Waals surface area contributed by atoms with Gasteiger partial charge < -0.3 is 9.47 Å². The summed E-state index contributed by atoms with van der Waals surface area (Å²) in [5.41, 5.74) is 6.45. The smallest absolute Gasteiger partial charge is 0.199 e. The van der Waals surface area contributed by atoms with Crippen LogP contribution < -0.4 is 10.3 Å². The highest BCUT2D eigenvalue weighted by Crippen LogP contribution is 2.30. The average Bonchev–Trinajstić information content (AvgIpc) is 2.65. The zero-order valence-electron chi connectivity index (χ0n) is 15.9. The molecule has 0 saturated carbocycles. The number of rotatable bonds is 2. The summed E-state index contributed by atoms with van der Waals surface area (Å²) in [5, 5.41) is 0.859. The number of hydrogen-bond donors (Lipinski definition) is 0. The first-order valence-electron chi connectivity index (χ1n) is 9.50. The van der Waals surface area contributed by atoms with Gasteiger partial charge in [-0.15, -0.1) is 0 Å². The van der Waals surface area contributed by atoms with Gasteiger partial charge in [0.05, 0.1) is 16.6 Å². The van der Waals surface area contributed by atoms with Crippen molar-refractivity contribution in [2.45, 2.75) is 33.1 Å². The highest BCUT2D eigenvalue weighted by molar-refractivity contribution is 5.95. The number of fused-ring (bicyclic) bond motifs is 1. The second-order valence-corrected chi connectivity index (χ2v) is 7.57. The molecule has 0 aliphatic carbocycles. The van der Waals surface area contributed by atoms with Crippen molar-refractivity contribution in [3.8, 4) is 11.1 Å². The lowest BCUT2D eigenvalue weighted by atomic mass is 10.00. The van der Waals surface area contributed by atoms with Crippen LogP contribution in [0.1, 0.15) is 30.4 Å². The Morgan fingerprint density at radius 1 is 0.885 bits per heavy atom. The van der Waals surface area contributed by atoms with E-state index in [1.807, 2.05) is 25.4 Å². The molecule has 0 bridgehead atoms. The fourth-order valence-corrected chi connectivity index (χ4v) is 4.04. The van der Waals surface area contributed by atoms with Crippen molar-refractivity contribution in [2.75, 3.05) is 18.0 Å². The van der Waals surface area contributed by atoms with Crippen LogP contribution in [-0.2, 0) is 7.05 Å². The molecule has 2 aromatic carbocycles. The van der Waals surface area contributed by atoms with Crippen molar-refractivity contribution in [3.63, 3.8) is 0 Å². The summed E-state index contributed by atoms with van der Waals surface area (Å²) >= 11 is 0. The van der Waals surface area contributed by atoms with Crippen molar-refractivity contribution >= 4 is 16.6 Å². The number of aromatic nitrogens is 1. The number of pyridine rings is 1. The highest BCUT2D eigenvalue weighted by Gasteiger charge is 2.19. The van der Waals surface area contributed by atoms with Gasteiger partial charge in [0.25, 0.3) is 0 Å². The monoisotopic (exact) mass is 346 g/mol. The topological polar surface area (TPSA) is 25.2 Å². The van der Waals surface area contributed by atoms with Crippen LogP contribution in [0.4, 0.5) is 5.69 Å². The molecule has 26 heavy (non-hydrogen) atoms. The number of hydrogen-bond acceptors (Lipinski definition) is 2. The predicted molar refractivity (Wildman–Crippen MR) is 110 cm³/mol. The second kappa shape index (κ2) is 6.64. The molecule has 1 aliphatic heterocycles. The standard InChI is InChI=1S/C23H26N2O/c1-16-7-9-18(10-8-16)19-15-24(3)20-13-17(2)14-21(22(20)23(19)26)25-11-5-4-6-12-25/h7-10,13-15H,4-6,11-12H2,1-3H3.